The summed E-state index contributed by atoms with van der Waals surface area (Å²) in [7, 11) is 2.10. The van der Waals surface area contributed by atoms with Gasteiger partial charge >= 0.3 is 17.9 Å². The maximum atomic E-state index is 13.8. The molecule has 0 aromatic heterocycles. The van der Waals surface area contributed by atoms with Gasteiger partial charge < -0.3 is 19.1 Å². The molecule has 0 radical (unpaired) electrons. The van der Waals surface area contributed by atoms with E-state index in [1.165, 1.54) is 141 Å². The van der Waals surface area contributed by atoms with Crippen molar-refractivity contribution in [3.05, 3.63) is 0 Å². The quantitative estimate of drug-likeness (QED) is 0.0350. The molecule has 0 spiro atoms. The van der Waals surface area contributed by atoms with E-state index in [4.69, 9.17) is 14.2 Å². The Morgan fingerprint density at radius 2 is 1.08 bits per heavy atom. The van der Waals surface area contributed by atoms with E-state index in [1.807, 2.05) is 0 Å². The minimum atomic E-state index is -0.203. The highest BCUT2D eigenvalue weighted by Gasteiger charge is 2.35. The van der Waals surface area contributed by atoms with E-state index in [2.05, 4.69) is 32.7 Å². The van der Waals surface area contributed by atoms with E-state index in [0.29, 0.717) is 12.8 Å². The first-order chi connectivity index (χ1) is 28.8. The molecule has 6 atom stereocenters. The maximum Gasteiger partial charge on any atom is 0.309 e. The third-order valence-corrected chi connectivity index (χ3v) is 14.3. The van der Waals surface area contributed by atoms with Crippen molar-refractivity contribution < 1.29 is 28.6 Å². The summed E-state index contributed by atoms with van der Waals surface area (Å²) in [6.07, 6.45) is 40.0. The van der Waals surface area contributed by atoms with Gasteiger partial charge in [-0.2, -0.15) is 0 Å². The molecule has 344 valence electrons. The first kappa shape index (κ1) is 51.7. The van der Waals surface area contributed by atoms with Gasteiger partial charge in [0.2, 0.25) is 0 Å². The van der Waals surface area contributed by atoms with Crippen LogP contribution >= 0.6 is 0 Å². The lowest BCUT2D eigenvalue weighted by atomic mass is 9.94. The van der Waals surface area contributed by atoms with Crippen molar-refractivity contribution in [1.82, 2.24) is 4.90 Å². The lowest BCUT2D eigenvalue weighted by Crippen LogP contribution is -2.35. The predicted molar refractivity (Wildman–Crippen MR) is 244 cm³/mol. The number of nitrogens with zero attached hydrogens (tertiary/aromatic N) is 1. The topological polar surface area (TPSA) is 82.1 Å². The number of likely N-dealkylation sites (tertiary alicyclic amines) is 1. The summed E-state index contributed by atoms with van der Waals surface area (Å²) in [4.78, 5) is 41.8. The van der Waals surface area contributed by atoms with Crippen LogP contribution in [-0.4, -0.2) is 61.8 Å². The van der Waals surface area contributed by atoms with Crippen LogP contribution in [0, 0.1) is 29.6 Å². The molecule has 0 aromatic carbocycles. The fourth-order valence-corrected chi connectivity index (χ4v) is 10.0. The zero-order valence-corrected chi connectivity index (χ0v) is 39.3. The van der Waals surface area contributed by atoms with Crippen LogP contribution in [0.3, 0.4) is 0 Å². The Labute approximate surface area is 364 Å². The number of piperidine rings is 1. The summed E-state index contributed by atoms with van der Waals surface area (Å²) in [5.41, 5.74) is 0. The Balaban J connectivity index is 1.38. The normalized spacial score (nSPS) is 22.0. The third kappa shape index (κ3) is 24.6. The van der Waals surface area contributed by atoms with Gasteiger partial charge in [-0.3, -0.25) is 14.4 Å². The van der Waals surface area contributed by atoms with Crippen LogP contribution in [0.25, 0.3) is 0 Å². The lowest BCUT2D eigenvalue weighted by Gasteiger charge is -2.28. The molecular weight excluding hydrogens is 735 g/mol. The molecule has 2 saturated carbocycles. The SMILES string of the molecule is CCCCCCCCC(CCCCCC)C(=O)OC(CCCCCCCCC1CC1CCCCCCCC)CCOC(=O)CC1CCC(OC(=O)C2CCN(C)CC2)C1. The van der Waals surface area contributed by atoms with Crippen LogP contribution in [0.15, 0.2) is 0 Å². The molecule has 1 aliphatic heterocycles. The van der Waals surface area contributed by atoms with Crippen molar-refractivity contribution in [3.63, 3.8) is 0 Å². The lowest BCUT2D eigenvalue weighted by molar-refractivity contribution is -0.157. The van der Waals surface area contributed by atoms with Gasteiger partial charge in [0, 0.05) is 12.8 Å². The highest BCUT2D eigenvalue weighted by molar-refractivity contribution is 5.73. The first-order valence-electron chi connectivity index (χ1n) is 26.1. The van der Waals surface area contributed by atoms with Crippen molar-refractivity contribution in [2.75, 3.05) is 26.7 Å². The maximum absolute atomic E-state index is 13.8. The minimum Gasteiger partial charge on any atom is -0.466 e. The molecule has 0 aromatic rings. The van der Waals surface area contributed by atoms with E-state index in [-0.39, 0.29) is 54.5 Å². The zero-order chi connectivity index (χ0) is 42.3. The molecule has 1 heterocycles. The largest absolute Gasteiger partial charge is 0.466 e. The Hall–Kier alpha value is -1.63. The summed E-state index contributed by atoms with van der Waals surface area (Å²) >= 11 is 0. The standard InChI is InChI=1S/C52H95NO6/c1-5-8-11-14-18-23-28-44(27-22-13-10-7-3)51(55)58-48(31-26-21-17-16-20-25-30-47-42-46(47)29-24-19-15-12-9-6-2)36-39-57-50(54)41-43-32-33-49(40-43)59-52(56)45-34-37-53(4)38-35-45/h43-49H,5-42H2,1-4H3. The summed E-state index contributed by atoms with van der Waals surface area (Å²) in [6, 6.07) is 0. The molecule has 0 N–H and O–H groups in total. The van der Waals surface area contributed by atoms with E-state index in [1.54, 1.807) is 0 Å². The Morgan fingerprint density at radius 3 is 1.66 bits per heavy atom. The monoisotopic (exact) mass is 830 g/mol. The average molecular weight is 830 g/mol. The van der Waals surface area contributed by atoms with Crippen molar-refractivity contribution in [2.45, 2.75) is 258 Å². The number of esters is 3. The molecule has 7 heteroatoms. The molecular formula is C52H95NO6. The van der Waals surface area contributed by atoms with Crippen LogP contribution < -0.4 is 0 Å². The molecule has 59 heavy (non-hydrogen) atoms. The molecule has 7 nitrogen and oxygen atoms in total. The van der Waals surface area contributed by atoms with Crippen molar-refractivity contribution >= 4 is 17.9 Å². The van der Waals surface area contributed by atoms with Gasteiger partial charge in [-0.25, -0.2) is 0 Å². The summed E-state index contributed by atoms with van der Waals surface area (Å²) in [6.45, 7) is 8.96. The van der Waals surface area contributed by atoms with Gasteiger partial charge in [-0.1, -0.05) is 168 Å². The second kappa shape index (κ2) is 33.0. The van der Waals surface area contributed by atoms with Crippen molar-refractivity contribution in [1.29, 1.82) is 0 Å². The zero-order valence-electron chi connectivity index (χ0n) is 39.3. The van der Waals surface area contributed by atoms with Gasteiger partial charge in [-0.15, -0.1) is 0 Å². The smallest absolute Gasteiger partial charge is 0.309 e. The van der Waals surface area contributed by atoms with Crippen LogP contribution in [0.1, 0.15) is 245 Å². The fraction of sp³-hybridized carbons (Fsp3) is 0.942. The molecule has 3 rings (SSSR count). The molecule has 0 amide bonds. The van der Waals surface area contributed by atoms with Gasteiger partial charge in [0.1, 0.15) is 12.2 Å². The number of hydrogen-bond acceptors (Lipinski definition) is 7. The van der Waals surface area contributed by atoms with Gasteiger partial charge in [-0.05, 0) is 102 Å². The number of carbonyl (C=O) groups is 3. The highest BCUT2D eigenvalue weighted by atomic mass is 16.6. The van der Waals surface area contributed by atoms with Crippen LogP contribution in [0.2, 0.25) is 0 Å². The second-order valence-electron chi connectivity index (χ2n) is 19.7. The number of carbonyl (C=O) groups excluding carboxylic acids is 3. The van der Waals surface area contributed by atoms with Crippen molar-refractivity contribution in [2.24, 2.45) is 29.6 Å². The van der Waals surface area contributed by atoms with Gasteiger partial charge in [0.05, 0.1) is 18.4 Å². The molecule has 0 bridgehead atoms. The van der Waals surface area contributed by atoms with Gasteiger partial charge in [0.15, 0.2) is 0 Å². The Kier molecular flexibility index (Phi) is 28.9. The van der Waals surface area contributed by atoms with Crippen molar-refractivity contribution in [3.8, 4) is 0 Å². The van der Waals surface area contributed by atoms with Crippen LogP contribution in [0.5, 0.6) is 0 Å². The molecule has 3 aliphatic rings. The average Bonchev–Trinajstić information content (AvgIpc) is 3.84. The Morgan fingerprint density at radius 1 is 0.576 bits per heavy atom. The van der Waals surface area contributed by atoms with E-state index < -0.39 is 0 Å². The van der Waals surface area contributed by atoms with E-state index in [0.717, 1.165) is 95.6 Å². The number of rotatable bonds is 37. The summed E-state index contributed by atoms with van der Waals surface area (Å²) in [5, 5.41) is 0. The third-order valence-electron chi connectivity index (χ3n) is 14.3. The van der Waals surface area contributed by atoms with E-state index >= 15 is 0 Å². The highest BCUT2D eigenvalue weighted by Crippen LogP contribution is 2.46. The van der Waals surface area contributed by atoms with Crippen LogP contribution in [0.4, 0.5) is 0 Å². The summed E-state index contributed by atoms with van der Waals surface area (Å²) in [5.74, 6) is 1.97. The Bertz CT molecular complexity index is 1070. The molecule has 3 fully saturated rings. The van der Waals surface area contributed by atoms with E-state index in [9.17, 15) is 14.4 Å². The fourth-order valence-electron chi connectivity index (χ4n) is 10.0. The molecule has 1 saturated heterocycles. The number of hydrogen-bond donors (Lipinski definition) is 0. The predicted octanol–water partition coefficient (Wildman–Crippen LogP) is 14.1. The van der Waals surface area contributed by atoms with Gasteiger partial charge in [0.25, 0.3) is 0 Å². The minimum absolute atomic E-state index is 0.00812. The molecule has 2 aliphatic carbocycles. The van der Waals surface area contributed by atoms with Crippen LogP contribution in [-0.2, 0) is 28.6 Å². The number of unbranched alkanes of at least 4 members (excludes halogenated alkanes) is 18. The number of ether oxygens (including phenoxy) is 3. The second-order valence-corrected chi connectivity index (χ2v) is 19.7. The first-order valence-corrected chi connectivity index (χ1v) is 26.1. The summed E-state index contributed by atoms with van der Waals surface area (Å²) < 4.78 is 18.1. The molecule has 6 unspecified atom stereocenters.